The van der Waals surface area contributed by atoms with E-state index in [2.05, 4.69) is 20.8 Å². The lowest BCUT2D eigenvalue weighted by molar-refractivity contribution is 0.388. The van der Waals surface area contributed by atoms with Gasteiger partial charge in [-0.1, -0.05) is 18.2 Å². The maximum absolute atomic E-state index is 11.6. The first-order valence-electron chi connectivity index (χ1n) is 6.76. The summed E-state index contributed by atoms with van der Waals surface area (Å²) in [5.41, 5.74) is 0.468. The highest BCUT2D eigenvalue weighted by molar-refractivity contribution is 7.91. The number of hydrogen-bond acceptors (Lipinski definition) is 6. The largest absolute Gasteiger partial charge is 0.303 e. The van der Waals surface area contributed by atoms with Crippen LogP contribution in [0.3, 0.4) is 0 Å². The molecule has 1 aliphatic heterocycles. The lowest BCUT2D eigenvalue weighted by atomic mass is 10.0. The van der Waals surface area contributed by atoms with Gasteiger partial charge < -0.3 is 5.32 Å². The Labute approximate surface area is 123 Å². The van der Waals surface area contributed by atoms with Crippen LogP contribution >= 0.6 is 0 Å². The Kier molecular flexibility index (Phi) is 3.50. The van der Waals surface area contributed by atoms with Crippen LogP contribution in [0.1, 0.15) is 19.2 Å². The van der Waals surface area contributed by atoms with E-state index in [4.69, 9.17) is 0 Å². The van der Waals surface area contributed by atoms with Crippen LogP contribution in [0.15, 0.2) is 30.3 Å². The van der Waals surface area contributed by atoms with Crippen molar-refractivity contribution in [2.24, 2.45) is 0 Å². The third-order valence-corrected chi connectivity index (χ3v) is 5.61. The second-order valence-corrected chi connectivity index (χ2v) is 7.78. The molecule has 21 heavy (non-hydrogen) atoms. The molecule has 112 valence electrons. The van der Waals surface area contributed by atoms with Gasteiger partial charge in [0.1, 0.15) is 0 Å². The van der Waals surface area contributed by atoms with Gasteiger partial charge in [0.05, 0.1) is 23.7 Å². The van der Waals surface area contributed by atoms with E-state index in [0.29, 0.717) is 18.8 Å². The highest BCUT2D eigenvalue weighted by Gasteiger charge is 2.38. The topological polar surface area (TPSA) is 89.8 Å². The summed E-state index contributed by atoms with van der Waals surface area (Å²) in [7, 11) is -2.93. The zero-order chi connectivity index (χ0) is 14.9. The van der Waals surface area contributed by atoms with Crippen LogP contribution < -0.4 is 5.32 Å². The van der Waals surface area contributed by atoms with Gasteiger partial charge in [-0.25, -0.2) is 8.42 Å². The van der Waals surface area contributed by atoms with Crippen LogP contribution in [0.4, 0.5) is 0 Å². The van der Waals surface area contributed by atoms with Gasteiger partial charge in [0, 0.05) is 5.54 Å². The molecule has 0 spiro atoms. The molecule has 1 fully saturated rings. The number of sulfone groups is 1. The molecule has 1 aromatic heterocycles. The van der Waals surface area contributed by atoms with E-state index in [1.807, 2.05) is 37.3 Å². The Morgan fingerprint density at radius 1 is 1.33 bits per heavy atom. The number of tetrazole rings is 1. The number of aromatic nitrogens is 4. The highest BCUT2D eigenvalue weighted by atomic mass is 32.2. The number of para-hydroxylation sites is 1. The van der Waals surface area contributed by atoms with Gasteiger partial charge in [0.15, 0.2) is 15.7 Å². The Morgan fingerprint density at radius 3 is 2.76 bits per heavy atom. The van der Waals surface area contributed by atoms with Crippen molar-refractivity contribution < 1.29 is 8.42 Å². The zero-order valence-corrected chi connectivity index (χ0v) is 12.5. The highest BCUT2D eigenvalue weighted by Crippen LogP contribution is 2.23. The SMILES string of the molecule is CC1(NCc2nnnn2-c2ccccc2)CCS(=O)(=O)C1. The first-order chi connectivity index (χ1) is 9.98. The molecular formula is C13H17N5O2S. The van der Waals surface area contributed by atoms with Crippen molar-refractivity contribution in [2.75, 3.05) is 11.5 Å². The maximum Gasteiger partial charge on any atom is 0.170 e. The maximum atomic E-state index is 11.6. The molecule has 2 aromatic rings. The van der Waals surface area contributed by atoms with E-state index >= 15 is 0 Å². The average molecular weight is 307 g/mol. The zero-order valence-electron chi connectivity index (χ0n) is 11.7. The van der Waals surface area contributed by atoms with Crippen LogP contribution in [0, 0.1) is 0 Å². The molecule has 0 radical (unpaired) electrons. The number of nitrogens with one attached hydrogen (secondary N) is 1. The molecule has 0 saturated carbocycles. The van der Waals surface area contributed by atoms with Gasteiger partial charge in [-0.05, 0) is 35.9 Å². The molecule has 8 heteroatoms. The molecule has 1 aromatic carbocycles. The second-order valence-electron chi connectivity index (χ2n) is 5.60. The van der Waals surface area contributed by atoms with E-state index in [0.717, 1.165) is 5.69 Å². The fraction of sp³-hybridized carbons (Fsp3) is 0.462. The number of hydrogen-bond donors (Lipinski definition) is 1. The van der Waals surface area contributed by atoms with Crippen molar-refractivity contribution in [3.63, 3.8) is 0 Å². The fourth-order valence-corrected chi connectivity index (χ4v) is 4.65. The van der Waals surface area contributed by atoms with E-state index in [1.165, 1.54) is 0 Å². The smallest absolute Gasteiger partial charge is 0.170 e. The Morgan fingerprint density at radius 2 is 2.10 bits per heavy atom. The number of nitrogens with zero attached hydrogens (tertiary/aromatic N) is 4. The predicted octanol–water partition coefficient (Wildman–Crippen LogP) is 0.329. The molecule has 2 heterocycles. The Bertz CT molecular complexity index is 728. The van der Waals surface area contributed by atoms with Crippen molar-refractivity contribution in [1.82, 2.24) is 25.5 Å². The summed E-state index contributed by atoms with van der Waals surface area (Å²) in [5, 5.41) is 15.0. The Hall–Kier alpha value is -1.80. The molecular weight excluding hydrogens is 290 g/mol. The normalized spacial score (nSPS) is 24.2. The molecule has 7 nitrogen and oxygen atoms in total. The third kappa shape index (κ3) is 3.11. The summed E-state index contributed by atoms with van der Waals surface area (Å²) in [5.74, 6) is 1.05. The van der Waals surface area contributed by atoms with Crippen LogP contribution in [0.25, 0.3) is 5.69 Å². The first kappa shape index (κ1) is 14.2. The van der Waals surface area contributed by atoms with Crippen molar-refractivity contribution in [2.45, 2.75) is 25.4 Å². The summed E-state index contributed by atoms with van der Waals surface area (Å²) < 4.78 is 24.9. The minimum atomic E-state index is -2.93. The minimum Gasteiger partial charge on any atom is -0.303 e. The summed E-state index contributed by atoms with van der Waals surface area (Å²) in [6.45, 7) is 2.35. The number of benzene rings is 1. The molecule has 1 atom stereocenters. The molecule has 0 amide bonds. The summed E-state index contributed by atoms with van der Waals surface area (Å²) >= 11 is 0. The van der Waals surface area contributed by atoms with Crippen molar-refractivity contribution >= 4 is 9.84 Å². The molecule has 0 aliphatic carbocycles. The van der Waals surface area contributed by atoms with Gasteiger partial charge in [-0.2, -0.15) is 4.68 Å². The van der Waals surface area contributed by atoms with Crippen LogP contribution in [-0.2, 0) is 16.4 Å². The van der Waals surface area contributed by atoms with E-state index in [-0.39, 0.29) is 11.5 Å². The third-order valence-electron chi connectivity index (χ3n) is 3.71. The van der Waals surface area contributed by atoms with E-state index in [9.17, 15) is 8.42 Å². The van der Waals surface area contributed by atoms with E-state index in [1.54, 1.807) is 4.68 Å². The number of rotatable bonds is 4. The van der Waals surface area contributed by atoms with Crippen LogP contribution in [0.2, 0.25) is 0 Å². The summed E-state index contributed by atoms with van der Waals surface area (Å²) in [6.07, 6.45) is 0.613. The van der Waals surface area contributed by atoms with Crippen LogP contribution in [0.5, 0.6) is 0 Å². The van der Waals surface area contributed by atoms with Gasteiger partial charge in [-0.3, -0.25) is 0 Å². The quantitative estimate of drug-likeness (QED) is 0.875. The molecule has 1 N–H and O–H groups in total. The Balaban J connectivity index is 1.74. The molecule has 0 bridgehead atoms. The summed E-state index contributed by atoms with van der Waals surface area (Å²) in [6, 6.07) is 9.59. The van der Waals surface area contributed by atoms with Gasteiger partial charge >= 0.3 is 0 Å². The van der Waals surface area contributed by atoms with Crippen molar-refractivity contribution in [3.05, 3.63) is 36.2 Å². The minimum absolute atomic E-state index is 0.160. The summed E-state index contributed by atoms with van der Waals surface area (Å²) in [4.78, 5) is 0. The van der Waals surface area contributed by atoms with Gasteiger partial charge in [0.25, 0.3) is 0 Å². The van der Waals surface area contributed by atoms with Crippen LogP contribution in [-0.4, -0.2) is 45.7 Å². The molecule has 1 saturated heterocycles. The molecule has 3 rings (SSSR count). The van der Waals surface area contributed by atoms with Gasteiger partial charge in [0.2, 0.25) is 0 Å². The van der Waals surface area contributed by atoms with Crippen molar-refractivity contribution in [1.29, 1.82) is 0 Å². The molecule has 1 unspecified atom stereocenters. The van der Waals surface area contributed by atoms with E-state index < -0.39 is 15.4 Å². The lowest BCUT2D eigenvalue weighted by Gasteiger charge is -2.23. The average Bonchev–Trinajstić information content (AvgIpc) is 3.02. The van der Waals surface area contributed by atoms with Gasteiger partial charge in [-0.15, -0.1) is 5.10 Å². The fourth-order valence-electron chi connectivity index (χ4n) is 2.53. The standard InChI is InChI=1S/C13H17N5O2S/c1-13(7-8-21(19,20)10-13)14-9-12-15-16-17-18(12)11-5-3-2-4-6-11/h2-6,14H,7-10H2,1H3. The molecule has 1 aliphatic rings. The lowest BCUT2D eigenvalue weighted by Crippen LogP contribution is -2.43. The monoisotopic (exact) mass is 307 g/mol. The predicted molar refractivity (Wildman–Crippen MR) is 77.7 cm³/mol. The first-order valence-corrected chi connectivity index (χ1v) is 8.58. The second kappa shape index (κ2) is 5.19. The van der Waals surface area contributed by atoms with Crippen molar-refractivity contribution in [3.8, 4) is 5.69 Å².